The van der Waals surface area contributed by atoms with E-state index in [0.717, 1.165) is 18.9 Å². The molecule has 1 saturated carbocycles. The van der Waals surface area contributed by atoms with Gasteiger partial charge < -0.3 is 5.11 Å². The minimum Gasteiger partial charge on any atom is -0.503 e. The van der Waals surface area contributed by atoms with E-state index in [2.05, 4.69) is 4.98 Å². The Balaban J connectivity index is 2.29. The summed E-state index contributed by atoms with van der Waals surface area (Å²) >= 11 is 0. The van der Waals surface area contributed by atoms with Crippen molar-refractivity contribution in [3.05, 3.63) is 30.2 Å². The van der Waals surface area contributed by atoms with E-state index < -0.39 is 26.7 Å². The lowest BCUT2D eigenvalue weighted by molar-refractivity contribution is 0.436. The quantitative estimate of drug-likeness (QED) is 0.925. The Morgan fingerprint density at radius 3 is 2.70 bits per heavy atom. The van der Waals surface area contributed by atoms with Gasteiger partial charge in [-0.1, -0.05) is 12.8 Å². The van der Waals surface area contributed by atoms with Gasteiger partial charge in [0.25, 0.3) is 0 Å². The lowest BCUT2D eigenvalue weighted by atomic mass is 10.2. The number of halogens is 1. The van der Waals surface area contributed by atoms with E-state index in [-0.39, 0.29) is 15.8 Å². The molecule has 1 heterocycles. The minimum absolute atomic E-state index is 0.0101. The summed E-state index contributed by atoms with van der Waals surface area (Å²) in [5.41, 5.74) is -0.0101. The molecule has 1 aromatic heterocycles. The predicted molar refractivity (Wildman–Crippen MR) is 72.8 cm³/mol. The number of hydrogen-bond donors (Lipinski definition) is 1. The van der Waals surface area contributed by atoms with Gasteiger partial charge in [0, 0.05) is 11.6 Å². The van der Waals surface area contributed by atoms with Crippen LogP contribution in [0.3, 0.4) is 0 Å². The number of benzene rings is 1. The summed E-state index contributed by atoms with van der Waals surface area (Å²) in [6, 6.07) is 4.03. The zero-order valence-electron chi connectivity index (χ0n) is 10.7. The van der Waals surface area contributed by atoms with Crippen LogP contribution >= 0.6 is 0 Å². The summed E-state index contributed by atoms with van der Waals surface area (Å²) < 4.78 is 39.0. The third-order valence-corrected chi connectivity index (χ3v) is 6.13. The number of aromatic hydroxyl groups is 1. The molecular formula is C14H14FNO3S. The number of pyridine rings is 1. The van der Waals surface area contributed by atoms with Crippen LogP contribution < -0.4 is 0 Å². The van der Waals surface area contributed by atoms with Crippen molar-refractivity contribution in [1.82, 2.24) is 4.98 Å². The van der Waals surface area contributed by atoms with E-state index in [1.165, 1.54) is 6.20 Å². The summed E-state index contributed by atoms with van der Waals surface area (Å²) in [5, 5.41) is 9.49. The normalized spacial score (nSPS) is 16.9. The third-order valence-electron chi connectivity index (χ3n) is 3.83. The van der Waals surface area contributed by atoms with Crippen molar-refractivity contribution in [2.24, 2.45) is 0 Å². The fourth-order valence-corrected chi connectivity index (χ4v) is 4.83. The SMILES string of the molecule is O=S(=O)(c1cc(F)c(O)c2ncccc12)C1CCCC1. The average molecular weight is 295 g/mol. The molecule has 1 aromatic carbocycles. The van der Waals surface area contributed by atoms with Crippen LogP contribution in [0.15, 0.2) is 29.3 Å². The molecular weight excluding hydrogens is 281 g/mol. The molecule has 20 heavy (non-hydrogen) atoms. The van der Waals surface area contributed by atoms with Gasteiger partial charge in [0.05, 0.1) is 10.1 Å². The number of sulfone groups is 1. The zero-order chi connectivity index (χ0) is 14.3. The number of fused-ring (bicyclic) bond motifs is 1. The van der Waals surface area contributed by atoms with Crippen molar-refractivity contribution >= 4 is 20.7 Å². The van der Waals surface area contributed by atoms with Crippen molar-refractivity contribution in [3.8, 4) is 5.75 Å². The Bertz CT molecular complexity index is 767. The van der Waals surface area contributed by atoms with Gasteiger partial charge in [-0.15, -0.1) is 0 Å². The van der Waals surface area contributed by atoms with Crippen molar-refractivity contribution in [2.45, 2.75) is 35.8 Å². The van der Waals surface area contributed by atoms with Crippen LogP contribution in [0.4, 0.5) is 4.39 Å². The Labute approximate surface area is 116 Å². The van der Waals surface area contributed by atoms with Crippen molar-refractivity contribution in [3.63, 3.8) is 0 Å². The molecule has 106 valence electrons. The highest BCUT2D eigenvalue weighted by Gasteiger charge is 2.32. The highest BCUT2D eigenvalue weighted by Crippen LogP contribution is 2.36. The number of aromatic nitrogens is 1. The first-order valence-corrected chi connectivity index (χ1v) is 8.06. The van der Waals surface area contributed by atoms with Crippen LogP contribution in [-0.4, -0.2) is 23.8 Å². The first-order valence-electron chi connectivity index (χ1n) is 6.52. The van der Waals surface area contributed by atoms with Gasteiger partial charge >= 0.3 is 0 Å². The van der Waals surface area contributed by atoms with Gasteiger partial charge in [-0.2, -0.15) is 0 Å². The van der Waals surface area contributed by atoms with Crippen LogP contribution in [0.5, 0.6) is 5.75 Å². The molecule has 0 aliphatic heterocycles. The lowest BCUT2D eigenvalue weighted by Gasteiger charge is -2.14. The summed E-state index contributed by atoms with van der Waals surface area (Å²) in [7, 11) is -3.60. The highest BCUT2D eigenvalue weighted by atomic mass is 32.2. The number of phenolic OH excluding ortho intramolecular Hbond substituents is 1. The molecule has 0 radical (unpaired) electrons. The minimum atomic E-state index is -3.60. The molecule has 0 bridgehead atoms. The Hall–Kier alpha value is -1.69. The molecule has 1 fully saturated rings. The smallest absolute Gasteiger partial charge is 0.182 e. The van der Waals surface area contributed by atoms with Gasteiger partial charge in [0.2, 0.25) is 0 Å². The second-order valence-electron chi connectivity index (χ2n) is 5.06. The average Bonchev–Trinajstić information content (AvgIpc) is 2.97. The molecule has 0 atom stereocenters. The molecule has 0 amide bonds. The summed E-state index contributed by atoms with van der Waals surface area (Å²) in [5.74, 6) is -1.56. The molecule has 4 nitrogen and oxygen atoms in total. The van der Waals surface area contributed by atoms with Crippen molar-refractivity contribution < 1.29 is 17.9 Å². The van der Waals surface area contributed by atoms with Gasteiger partial charge in [0.15, 0.2) is 21.4 Å². The van der Waals surface area contributed by atoms with Gasteiger partial charge in [-0.05, 0) is 31.0 Å². The van der Waals surface area contributed by atoms with E-state index >= 15 is 0 Å². The standard InChI is InChI=1S/C14H14FNO3S/c15-11-8-12(20(18,19)9-4-1-2-5-9)10-6-3-7-16-13(10)14(11)17/h3,6-9,17H,1-2,4-5H2. The highest BCUT2D eigenvalue weighted by molar-refractivity contribution is 7.92. The van der Waals surface area contributed by atoms with E-state index in [0.29, 0.717) is 12.8 Å². The maximum atomic E-state index is 13.8. The molecule has 6 heteroatoms. The lowest BCUT2D eigenvalue weighted by Crippen LogP contribution is -2.18. The largest absolute Gasteiger partial charge is 0.503 e. The van der Waals surface area contributed by atoms with Crippen LogP contribution in [0, 0.1) is 5.82 Å². The van der Waals surface area contributed by atoms with Crippen LogP contribution in [-0.2, 0) is 9.84 Å². The molecule has 2 aromatic rings. The fraction of sp³-hybridized carbons (Fsp3) is 0.357. The molecule has 1 aliphatic rings. The predicted octanol–water partition coefficient (Wildman–Crippen LogP) is 2.80. The first-order chi connectivity index (χ1) is 9.51. The monoisotopic (exact) mass is 295 g/mol. The van der Waals surface area contributed by atoms with Gasteiger partial charge in [0.1, 0.15) is 5.52 Å². The van der Waals surface area contributed by atoms with Crippen LogP contribution in [0.2, 0.25) is 0 Å². The Kier molecular flexibility index (Phi) is 3.12. The van der Waals surface area contributed by atoms with E-state index in [4.69, 9.17) is 0 Å². The fourth-order valence-electron chi connectivity index (χ4n) is 2.78. The maximum Gasteiger partial charge on any atom is 0.182 e. The first kappa shape index (κ1) is 13.3. The summed E-state index contributed by atoms with van der Waals surface area (Å²) in [4.78, 5) is 3.82. The van der Waals surface area contributed by atoms with E-state index in [9.17, 15) is 17.9 Å². The number of nitrogens with zero attached hydrogens (tertiary/aromatic N) is 1. The second kappa shape index (κ2) is 4.70. The molecule has 1 aliphatic carbocycles. The Morgan fingerprint density at radius 2 is 2.00 bits per heavy atom. The third kappa shape index (κ3) is 1.95. The van der Waals surface area contributed by atoms with Crippen molar-refractivity contribution in [1.29, 1.82) is 0 Å². The Morgan fingerprint density at radius 1 is 1.30 bits per heavy atom. The van der Waals surface area contributed by atoms with Crippen molar-refractivity contribution in [2.75, 3.05) is 0 Å². The van der Waals surface area contributed by atoms with E-state index in [1.54, 1.807) is 12.1 Å². The molecule has 0 spiro atoms. The summed E-state index contributed by atoms with van der Waals surface area (Å²) in [6.45, 7) is 0. The van der Waals surface area contributed by atoms with E-state index in [1.807, 2.05) is 0 Å². The second-order valence-corrected chi connectivity index (χ2v) is 7.25. The number of rotatable bonds is 2. The van der Waals surface area contributed by atoms with Crippen LogP contribution in [0.25, 0.3) is 10.9 Å². The molecule has 3 rings (SSSR count). The topological polar surface area (TPSA) is 67.3 Å². The number of phenols is 1. The molecule has 0 unspecified atom stereocenters. The molecule has 0 saturated heterocycles. The van der Waals surface area contributed by atoms with Gasteiger partial charge in [-0.25, -0.2) is 12.8 Å². The maximum absolute atomic E-state index is 13.8. The number of hydrogen-bond acceptors (Lipinski definition) is 4. The van der Waals surface area contributed by atoms with Crippen LogP contribution in [0.1, 0.15) is 25.7 Å². The summed E-state index contributed by atoms with van der Waals surface area (Å²) in [6.07, 6.45) is 4.36. The van der Waals surface area contributed by atoms with Gasteiger partial charge in [-0.3, -0.25) is 4.98 Å². The molecule has 1 N–H and O–H groups in total. The zero-order valence-corrected chi connectivity index (χ0v) is 11.5.